The molecule has 0 saturated carbocycles. The predicted molar refractivity (Wildman–Crippen MR) is 63.3 cm³/mol. The van der Waals surface area contributed by atoms with Gasteiger partial charge in [0.2, 0.25) is 0 Å². The van der Waals surface area contributed by atoms with E-state index in [9.17, 15) is 9.90 Å². The molecular weight excluding hydrogens is 214 g/mol. The maximum absolute atomic E-state index is 10.9. The second kappa shape index (κ2) is 5.32. The highest BCUT2D eigenvalue weighted by Crippen LogP contribution is 2.07. The summed E-state index contributed by atoms with van der Waals surface area (Å²) >= 11 is 0. The number of nitrogens with one attached hydrogen (secondary N) is 1. The number of carboxylic acids is 1. The number of benzene rings is 1. The molecule has 0 aromatic heterocycles. The Kier molecular flexibility index (Phi) is 3.79. The van der Waals surface area contributed by atoms with Gasteiger partial charge in [0.05, 0.1) is 19.1 Å². The van der Waals surface area contributed by atoms with Crippen molar-refractivity contribution in [1.82, 2.24) is 0 Å². The van der Waals surface area contributed by atoms with E-state index >= 15 is 0 Å². The zero-order valence-electron chi connectivity index (χ0n) is 10.2. The summed E-state index contributed by atoms with van der Waals surface area (Å²) in [4.78, 5) is 12.2. The van der Waals surface area contributed by atoms with E-state index in [4.69, 9.17) is 0 Å². The van der Waals surface area contributed by atoms with Crippen LogP contribution >= 0.6 is 0 Å². The van der Waals surface area contributed by atoms with E-state index in [0.29, 0.717) is 6.54 Å². The van der Waals surface area contributed by atoms with E-state index in [2.05, 4.69) is 31.2 Å². The van der Waals surface area contributed by atoms with Gasteiger partial charge in [-0.3, -0.25) is 0 Å². The highest BCUT2D eigenvalue weighted by Gasteiger charge is 2.23. The molecule has 2 rings (SSSR count). The molecule has 2 atom stereocenters. The largest absolute Gasteiger partial charge is 0.550 e. The normalized spacial score (nSPS) is 24.5. The standard InChI is InChI=1S/C14H19NO2/c1-11-4-6-12(7-5-11)9-15-8-2-3-13(10-15)14(16)17/h4-7,13H,2-3,8-10H2,1H3,(H,16,17)/t13-/m0/s1. The van der Waals surface area contributed by atoms with Gasteiger partial charge in [-0.15, -0.1) is 0 Å². The van der Waals surface area contributed by atoms with Crippen LogP contribution in [-0.4, -0.2) is 19.1 Å². The topological polar surface area (TPSA) is 44.6 Å². The summed E-state index contributed by atoms with van der Waals surface area (Å²) in [6.07, 6.45) is 1.76. The first-order chi connectivity index (χ1) is 8.15. The molecule has 1 aromatic rings. The van der Waals surface area contributed by atoms with Gasteiger partial charge in [-0.2, -0.15) is 0 Å². The first-order valence-corrected chi connectivity index (χ1v) is 6.25. The number of carbonyl (C=O) groups is 1. The van der Waals surface area contributed by atoms with Crippen molar-refractivity contribution in [3.63, 3.8) is 0 Å². The molecule has 1 heterocycles. The number of piperidine rings is 1. The number of quaternary nitrogens is 1. The van der Waals surface area contributed by atoms with Gasteiger partial charge in [-0.1, -0.05) is 29.8 Å². The molecule has 1 aromatic carbocycles. The van der Waals surface area contributed by atoms with Gasteiger partial charge in [0.1, 0.15) is 6.54 Å². The predicted octanol–water partition coefficient (Wildman–Crippen LogP) is -0.460. The third-order valence-electron chi connectivity index (χ3n) is 3.53. The highest BCUT2D eigenvalue weighted by atomic mass is 16.4. The van der Waals surface area contributed by atoms with Crippen LogP contribution in [0.4, 0.5) is 0 Å². The monoisotopic (exact) mass is 233 g/mol. The first kappa shape index (κ1) is 12.1. The quantitative estimate of drug-likeness (QED) is 0.768. The minimum Gasteiger partial charge on any atom is -0.550 e. The molecule has 0 spiro atoms. The molecule has 1 aliphatic heterocycles. The molecule has 1 fully saturated rings. The fourth-order valence-electron chi connectivity index (χ4n) is 2.51. The van der Waals surface area contributed by atoms with Gasteiger partial charge >= 0.3 is 0 Å². The molecule has 0 bridgehead atoms. The lowest BCUT2D eigenvalue weighted by atomic mass is 9.98. The SMILES string of the molecule is Cc1ccc(C[NH+]2CCC[C@H](C(=O)[O-])C2)cc1. The van der Waals surface area contributed by atoms with Gasteiger partial charge in [0, 0.05) is 11.5 Å². The highest BCUT2D eigenvalue weighted by molar-refractivity contribution is 5.67. The fourth-order valence-corrected chi connectivity index (χ4v) is 2.51. The molecule has 3 heteroatoms. The molecule has 3 nitrogen and oxygen atoms in total. The van der Waals surface area contributed by atoms with Crippen LogP contribution < -0.4 is 10.0 Å². The molecule has 92 valence electrons. The number of likely N-dealkylation sites (tertiary alicyclic amines) is 1. The molecule has 0 radical (unpaired) electrons. The number of aliphatic carboxylic acids is 1. The minimum atomic E-state index is -0.883. The lowest BCUT2D eigenvalue weighted by molar-refractivity contribution is -0.921. The zero-order chi connectivity index (χ0) is 12.3. The van der Waals surface area contributed by atoms with Crippen molar-refractivity contribution >= 4 is 5.97 Å². The van der Waals surface area contributed by atoms with Crippen molar-refractivity contribution in [1.29, 1.82) is 0 Å². The minimum absolute atomic E-state index is 0.260. The average Bonchev–Trinajstić information content (AvgIpc) is 2.32. The van der Waals surface area contributed by atoms with Gasteiger partial charge in [-0.05, 0) is 19.8 Å². The zero-order valence-corrected chi connectivity index (χ0v) is 10.2. The van der Waals surface area contributed by atoms with Crippen LogP contribution in [0, 0.1) is 12.8 Å². The summed E-state index contributed by atoms with van der Waals surface area (Å²) < 4.78 is 0. The van der Waals surface area contributed by atoms with E-state index in [1.807, 2.05) is 0 Å². The van der Waals surface area contributed by atoms with E-state index < -0.39 is 5.97 Å². The number of hydrogen-bond acceptors (Lipinski definition) is 2. The van der Waals surface area contributed by atoms with Crippen LogP contribution in [0.2, 0.25) is 0 Å². The van der Waals surface area contributed by atoms with Crippen LogP contribution in [0.5, 0.6) is 0 Å². The maximum Gasteiger partial charge on any atom is 0.103 e. The summed E-state index contributed by atoms with van der Waals surface area (Å²) in [5, 5.41) is 10.9. The van der Waals surface area contributed by atoms with Crippen molar-refractivity contribution in [2.45, 2.75) is 26.3 Å². The molecular formula is C14H19NO2. The van der Waals surface area contributed by atoms with Crippen molar-refractivity contribution in [2.75, 3.05) is 13.1 Å². The Bertz CT molecular complexity index is 386. The first-order valence-electron chi connectivity index (χ1n) is 6.25. The summed E-state index contributed by atoms with van der Waals surface area (Å²) in [5.74, 6) is -1.14. The number of rotatable bonds is 3. The van der Waals surface area contributed by atoms with Crippen molar-refractivity contribution in [3.05, 3.63) is 35.4 Å². The summed E-state index contributed by atoms with van der Waals surface area (Å²) in [5.41, 5.74) is 2.54. The van der Waals surface area contributed by atoms with Crippen LogP contribution in [0.3, 0.4) is 0 Å². The van der Waals surface area contributed by atoms with Crippen LogP contribution in [0.25, 0.3) is 0 Å². The van der Waals surface area contributed by atoms with E-state index in [1.54, 1.807) is 0 Å². The Morgan fingerprint density at radius 1 is 1.41 bits per heavy atom. The Hall–Kier alpha value is -1.35. The second-order valence-corrected chi connectivity index (χ2v) is 5.02. The third kappa shape index (κ3) is 3.30. The van der Waals surface area contributed by atoms with Crippen LogP contribution in [-0.2, 0) is 11.3 Å². The Labute approximate surface area is 102 Å². The van der Waals surface area contributed by atoms with Crippen LogP contribution in [0.15, 0.2) is 24.3 Å². The third-order valence-corrected chi connectivity index (χ3v) is 3.53. The average molecular weight is 233 g/mol. The maximum atomic E-state index is 10.9. The van der Waals surface area contributed by atoms with E-state index in [0.717, 1.165) is 25.9 Å². The lowest BCUT2D eigenvalue weighted by Gasteiger charge is -2.30. The lowest BCUT2D eigenvalue weighted by Crippen LogP contribution is -3.12. The molecule has 0 aliphatic carbocycles. The van der Waals surface area contributed by atoms with Crippen molar-refractivity contribution in [2.24, 2.45) is 5.92 Å². The van der Waals surface area contributed by atoms with Gasteiger partial charge in [-0.25, -0.2) is 0 Å². The van der Waals surface area contributed by atoms with Crippen molar-refractivity contribution < 1.29 is 14.8 Å². The van der Waals surface area contributed by atoms with Gasteiger partial charge in [0.15, 0.2) is 0 Å². The Morgan fingerprint density at radius 3 is 2.76 bits per heavy atom. The van der Waals surface area contributed by atoms with Crippen LogP contribution in [0.1, 0.15) is 24.0 Å². The summed E-state index contributed by atoms with van der Waals surface area (Å²) in [6.45, 7) is 4.77. The number of hydrogen-bond donors (Lipinski definition) is 1. The molecule has 1 saturated heterocycles. The van der Waals surface area contributed by atoms with Gasteiger partial charge < -0.3 is 14.8 Å². The second-order valence-electron chi connectivity index (χ2n) is 5.02. The molecule has 0 amide bonds. The molecule has 1 N–H and O–H groups in total. The van der Waals surface area contributed by atoms with E-state index in [-0.39, 0.29) is 5.92 Å². The van der Waals surface area contributed by atoms with E-state index in [1.165, 1.54) is 16.0 Å². The Balaban J connectivity index is 1.94. The fraction of sp³-hybridized carbons (Fsp3) is 0.500. The summed E-state index contributed by atoms with van der Waals surface area (Å²) in [7, 11) is 0. The number of aryl methyl sites for hydroxylation is 1. The molecule has 17 heavy (non-hydrogen) atoms. The number of carbonyl (C=O) groups excluding carboxylic acids is 1. The molecule has 1 unspecified atom stereocenters. The number of carboxylic acid groups (broad SMARTS) is 1. The molecule has 1 aliphatic rings. The summed E-state index contributed by atoms with van der Waals surface area (Å²) in [6, 6.07) is 8.47. The van der Waals surface area contributed by atoms with Crippen molar-refractivity contribution in [3.8, 4) is 0 Å². The Morgan fingerprint density at radius 2 is 2.12 bits per heavy atom. The van der Waals surface area contributed by atoms with Gasteiger partial charge in [0.25, 0.3) is 0 Å². The smallest absolute Gasteiger partial charge is 0.103 e.